The lowest BCUT2D eigenvalue weighted by Gasteiger charge is -2.30. The van der Waals surface area contributed by atoms with Gasteiger partial charge in [-0.1, -0.05) is 76.2 Å². The normalized spacial score (nSPS) is 18.1. The molecule has 3 aliphatic heterocycles. The highest BCUT2D eigenvalue weighted by atomic mass is 16.5. The Morgan fingerprint density at radius 1 is 0.600 bits per heavy atom. The van der Waals surface area contributed by atoms with Crippen LogP contribution in [0.25, 0.3) is 50.7 Å². The van der Waals surface area contributed by atoms with Crippen LogP contribution in [0.2, 0.25) is 0 Å². The minimum Gasteiger partial charge on any atom is -0.465 e. The Labute approximate surface area is 408 Å². The van der Waals surface area contributed by atoms with Gasteiger partial charge in [0.15, 0.2) is 0 Å². The Balaban J connectivity index is 0.971. The number of likely N-dealkylation sites (tertiary alicyclic amines) is 2. The summed E-state index contributed by atoms with van der Waals surface area (Å²) in [6.45, 7) is 10.6. The van der Waals surface area contributed by atoms with E-state index in [0.29, 0.717) is 24.7 Å². The SMILES string of the molecule is COC(=O)N[C@H](C(=O)N1CCC[C@H]1c1ncc(-c2ccc(-c3ccc(-c4ccc(-c5cnc([C@@H]6CCCN6C(=O)[C@@H](NC(=O)O)C(C)C)[nH]5)cc4)n3-c3ccc(N4CCCCC4)nc3)cc2)[nH]1)C(C)C. The van der Waals surface area contributed by atoms with Gasteiger partial charge < -0.3 is 49.7 Å². The molecular weight excluding hydrogens is 887 g/mol. The molecule has 3 saturated heterocycles. The number of nitrogens with one attached hydrogen (secondary N) is 4. The van der Waals surface area contributed by atoms with Crippen molar-refractivity contribution in [1.29, 1.82) is 0 Å². The number of benzene rings is 2. The topological polar surface area (TPSA) is 207 Å². The first-order chi connectivity index (χ1) is 33.9. The van der Waals surface area contributed by atoms with Crippen LogP contribution in [0.3, 0.4) is 0 Å². The lowest BCUT2D eigenvalue weighted by molar-refractivity contribution is -0.136. The van der Waals surface area contributed by atoms with Gasteiger partial charge >= 0.3 is 12.2 Å². The first-order valence-electron chi connectivity index (χ1n) is 24.6. The van der Waals surface area contributed by atoms with Crippen LogP contribution in [0.15, 0.2) is 91.4 Å². The summed E-state index contributed by atoms with van der Waals surface area (Å²) < 4.78 is 7.06. The van der Waals surface area contributed by atoms with Gasteiger partial charge in [0.1, 0.15) is 29.6 Å². The number of methoxy groups -OCH3 is 1. The predicted octanol–water partition coefficient (Wildman–Crippen LogP) is 8.98. The number of rotatable bonds is 14. The largest absolute Gasteiger partial charge is 0.465 e. The van der Waals surface area contributed by atoms with E-state index >= 15 is 0 Å². The number of nitrogens with zero attached hydrogens (tertiary/aromatic N) is 7. The second-order valence-electron chi connectivity index (χ2n) is 19.3. The minimum atomic E-state index is -1.22. The molecule has 366 valence electrons. The van der Waals surface area contributed by atoms with Crippen LogP contribution >= 0.6 is 0 Å². The molecule has 6 aromatic rings. The van der Waals surface area contributed by atoms with Gasteiger partial charge in [0.05, 0.1) is 66.2 Å². The number of piperidine rings is 1. The number of aromatic nitrogens is 6. The lowest BCUT2D eigenvalue weighted by atomic mass is 10.0. The zero-order valence-electron chi connectivity index (χ0n) is 40.5. The van der Waals surface area contributed by atoms with Crippen molar-refractivity contribution < 1.29 is 29.0 Å². The Morgan fingerprint density at radius 3 is 1.53 bits per heavy atom. The minimum absolute atomic E-state index is 0.124. The van der Waals surface area contributed by atoms with E-state index < -0.39 is 24.3 Å². The van der Waals surface area contributed by atoms with Crippen molar-refractivity contribution in [3.05, 3.63) is 103 Å². The highest BCUT2D eigenvalue weighted by Crippen LogP contribution is 2.37. The summed E-state index contributed by atoms with van der Waals surface area (Å²) in [6, 6.07) is 23.2. The summed E-state index contributed by atoms with van der Waals surface area (Å²) in [5.41, 5.74) is 8.51. The fourth-order valence-electron chi connectivity index (χ4n) is 10.3. The number of anilines is 1. The van der Waals surface area contributed by atoms with Crippen LogP contribution in [0.1, 0.15) is 96.4 Å². The molecule has 0 spiro atoms. The van der Waals surface area contributed by atoms with E-state index in [4.69, 9.17) is 19.7 Å². The number of pyridine rings is 1. The summed E-state index contributed by atoms with van der Waals surface area (Å²) in [5.74, 6) is 1.66. The maximum Gasteiger partial charge on any atom is 0.407 e. The molecule has 0 aliphatic carbocycles. The van der Waals surface area contributed by atoms with Gasteiger partial charge in [-0.15, -0.1) is 0 Å². The summed E-state index contributed by atoms with van der Waals surface area (Å²) in [6.07, 6.45) is 10.4. The molecule has 17 nitrogen and oxygen atoms in total. The number of imidazole rings is 2. The molecular formula is C53H63N11O6. The molecule has 4 atom stereocenters. The lowest BCUT2D eigenvalue weighted by Crippen LogP contribution is -2.51. The number of alkyl carbamates (subject to hydrolysis) is 1. The number of carbonyl (C=O) groups excluding carboxylic acids is 3. The number of aromatic amines is 2. The molecule has 3 fully saturated rings. The number of carboxylic acid groups (broad SMARTS) is 1. The van der Waals surface area contributed by atoms with Crippen LogP contribution in [-0.2, 0) is 14.3 Å². The zero-order valence-corrected chi connectivity index (χ0v) is 40.5. The van der Waals surface area contributed by atoms with E-state index in [9.17, 15) is 24.3 Å². The van der Waals surface area contributed by atoms with Crippen molar-refractivity contribution in [2.45, 2.75) is 96.8 Å². The second-order valence-corrected chi connectivity index (χ2v) is 19.3. The summed E-state index contributed by atoms with van der Waals surface area (Å²) in [4.78, 5) is 78.3. The van der Waals surface area contributed by atoms with Crippen molar-refractivity contribution in [3.63, 3.8) is 0 Å². The summed E-state index contributed by atoms with van der Waals surface area (Å²) in [7, 11) is 1.29. The quantitative estimate of drug-likeness (QED) is 0.0701. The first kappa shape index (κ1) is 47.6. The molecule has 7 heterocycles. The number of ether oxygens (including phenoxy) is 1. The Hall–Kier alpha value is -7.43. The van der Waals surface area contributed by atoms with Crippen LogP contribution < -0.4 is 15.5 Å². The Kier molecular flexibility index (Phi) is 14.1. The van der Waals surface area contributed by atoms with Crippen LogP contribution in [0, 0.1) is 11.8 Å². The number of hydrogen-bond acceptors (Lipinski definition) is 9. The van der Waals surface area contributed by atoms with Gasteiger partial charge in [0, 0.05) is 26.2 Å². The molecule has 3 aliphatic rings. The molecule has 70 heavy (non-hydrogen) atoms. The first-order valence-corrected chi connectivity index (χ1v) is 24.6. The third kappa shape index (κ3) is 9.87. The smallest absolute Gasteiger partial charge is 0.407 e. The van der Waals surface area contributed by atoms with Gasteiger partial charge in [-0.2, -0.15) is 0 Å². The zero-order chi connectivity index (χ0) is 49.1. The van der Waals surface area contributed by atoms with Crippen LogP contribution in [0.4, 0.5) is 15.4 Å². The molecule has 0 saturated carbocycles. The van der Waals surface area contributed by atoms with Gasteiger partial charge in [0.25, 0.3) is 0 Å². The summed E-state index contributed by atoms with van der Waals surface area (Å²) >= 11 is 0. The molecule has 0 radical (unpaired) electrons. The molecule has 4 amide bonds. The standard InChI is InChI=1S/C53H63N11O6/c1-32(2)46(59-52(67)68)50(65)62-27-9-11-43(62)48-55-30-39(57-48)34-13-17-36(18-14-34)41-22-23-42(64(41)38-21-24-45(54-29-38)61-25-7-6-8-26-61)37-19-15-35(16-20-37)40-31-56-49(58-40)44-12-10-28-63(44)51(66)47(33(3)4)60-53(69)70-5/h13-24,29-33,43-44,46-47,59H,6-12,25-28H2,1-5H3,(H,55,57)(H,56,58)(H,60,69)(H,67,68)/t43-,44-,46-,47-/m0/s1. The molecule has 4 aromatic heterocycles. The third-order valence-corrected chi connectivity index (χ3v) is 14.0. The second kappa shape index (κ2) is 20.7. The molecule has 17 heteroatoms. The molecule has 9 rings (SSSR count). The Morgan fingerprint density at radius 2 is 1.09 bits per heavy atom. The van der Waals surface area contributed by atoms with E-state index in [1.165, 1.54) is 26.4 Å². The third-order valence-electron chi connectivity index (χ3n) is 14.0. The van der Waals surface area contributed by atoms with E-state index in [2.05, 4.69) is 103 Å². The number of hydrogen-bond donors (Lipinski definition) is 5. The average molecular weight is 950 g/mol. The highest BCUT2D eigenvalue weighted by molar-refractivity contribution is 5.87. The number of carbonyl (C=O) groups is 4. The van der Waals surface area contributed by atoms with E-state index in [1.54, 1.807) is 11.1 Å². The maximum atomic E-state index is 13.8. The van der Waals surface area contributed by atoms with Crippen molar-refractivity contribution in [1.82, 2.24) is 49.9 Å². The van der Waals surface area contributed by atoms with Crippen molar-refractivity contribution in [2.75, 3.05) is 38.2 Å². The predicted molar refractivity (Wildman–Crippen MR) is 267 cm³/mol. The molecule has 5 N–H and O–H groups in total. The van der Waals surface area contributed by atoms with Gasteiger partial charge in [-0.05, 0) is 103 Å². The molecule has 0 bridgehead atoms. The fraction of sp³-hybridized carbons (Fsp3) is 0.415. The Bertz CT molecular complexity index is 2790. The van der Waals surface area contributed by atoms with E-state index in [-0.39, 0.29) is 35.7 Å². The number of H-pyrrole nitrogens is 2. The van der Waals surface area contributed by atoms with Crippen LogP contribution in [-0.4, -0.2) is 114 Å². The summed E-state index contributed by atoms with van der Waals surface area (Å²) in [5, 5.41) is 14.5. The van der Waals surface area contributed by atoms with Gasteiger partial charge in [-0.3, -0.25) is 9.59 Å². The van der Waals surface area contributed by atoms with Crippen molar-refractivity contribution in [3.8, 4) is 50.7 Å². The number of amides is 4. The van der Waals surface area contributed by atoms with Gasteiger partial charge in [0.2, 0.25) is 11.8 Å². The monoisotopic (exact) mass is 949 g/mol. The van der Waals surface area contributed by atoms with E-state index in [0.717, 1.165) is 95.3 Å². The van der Waals surface area contributed by atoms with Gasteiger partial charge in [-0.25, -0.2) is 24.5 Å². The fourth-order valence-corrected chi connectivity index (χ4v) is 10.3. The van der Waals surface area contributed by atoms with Crippen molar-refractivity contribution >= 4 is 29.8 Å². The highest BCUT2D eigenvalue weighted by Gasteiger charge is 2.39. The average Bonchev–Trinajstić information content (AvgIpc) is 4.24. The van der Waals surface area contributed by atoms with E-state index in [1.807, 2.05) is 45.0 Å². The van der Waals surface area contributed by atoms with Crippen LogP contribution in [0.5, 0.6) is 0 Å². The molecule has 0 unspecified atom stereocenters. The maximum absolute atomic E-state index is 13.8. The molecule has 2 aromatic carbocycles. The van der Waals surface area contributed by atoms with Crippen molar-refractivity contribution in [2.24, 2.45) is 11.8 Å².